The van der Waals surface area contributed by atoms with E-state index in [0.717, 1.165) is 28.5 Å². The van der Waals surface area contributed by atoms with Gasteiger partial charge in [-0.3, -0.25) is 10.1 Å². The van der Waals surface area contributed by atoms with Crippen molar-refractivity contribution >= 4 is 17.2 Å². The molecule has 2 aromatic rings. The second kappa shape index (κ2) is 11.6. The Morgan fingerprint density at radius 2 is 2.04 bits per heavy atom. The molecule has 0 aliphatic carbocycles. The monoisotopic (exact) mass is 425 g/mol. The van der Waals surface area contributed by atoms with Crippen LogP contribution >= 0.6 is 0 Å². The van der Waals surface area contributed by atoms with E-state index in [-0.39, 0.29) is 58.2 Å². The van der Waals surface area contributed by atoms with Crippen LogP contribution in [0.4, 0.5) is 0 Å². The molecule has 2 aliphatic heterocycles. The summed E-state index contributed by atoms with van der Waals surface area (Å²) < 4.78 is 0. The van der Waals surface area contributed by atoms with Gasteiger partial charge >= 0.3 is 58.2 Å². The minimum Gasteiger partial charge on any atom is -0.441 e. The first-order chi connectivity index (χ1) is 12.0. The number of nitrogens with one attached hydrogen (secondary N) is 2. The first-order valence-corrected chi connectivity index (χ1v) is 8.38. The normalized spacial score (nSPS) is 16.8. The van der Waals surface area contributed by atoms with Crippen LogP contribution in [0.25, 0.3) is 11.0 Å². The first kappa shape index (κ1) is 23.0. The van der Waals surface area contributed by atoms with Crippen LogP contribution in [-0.2, 0) is 0 Å². The van der Waals surface area contributed by atoms with Crippen LogP contribution in [0.2, 0.25) is 0 Å². The van der Waals surface area contributed by atoms with E-state index in [2.05, 4.69) is 63.4 Å². The Labute approximate surface area is 204 Å². The van der Waals surface area contributed by atoms with Gasteiger partial charge in [0.15, 0.2) is 0 Å². The fraction of sp³-hybridized carbons (Fsp3) is 0.389. The van der Waals surface area contributed by atoms with E-state index in [4.69, 9.17) is 0 Å². The van der Waals surface area contributed by atoms with E-state index in [0.29, 0.717) is 6.17 Å². The average Bonchev–Trinajstić information content (AvgIpc) is 3.20. The summed E-state index contributed by atoms with van der Waals surface area (Å²) in [4.78, 5) is 10.2. The Bertz CT molecular complexity index is 731. The molecule has 0 radical (unpaired) electrons. The summed E-state index contributed by atoms with van der Waals surface area (Å²) in [6.07, 6.45) is 9.32. The van der Waals surface area contributed by atoms with E-state index in [1.807, 2.05) is 31.6 Å². The van der Waals surface area contributed by atoms with Crippen LogP contribution in [0.15, 0.2) is 53.4 Å². The minimum absolute atomic E-state index is 0. The van der Waals surface area contributed by atoms with E-state index in [1.54, 1.807) is 18.6 Å². The third kappa shape index (κ3) is 6.61. The predicted octanol–water partition coefficient (Wildman–Crippen LogP) is -0.565. The number of aromatic nitrogens is 3. The Kier molecular flexibility index (Phi) is 10.3. The second-order valence-corrected chi connectivity index (χ2v) is 6.31. The zero-order chi connectivity index (χ0) is 18.2. The summed E-state index contributed by atoms with van der Waals surface area (Å²) >= 11 is 0. The van der Waals surface area contributed by atoms with Crippen LogP contribution < -0.4 is 73.9 Å². The number of rotatable bonds is 1. The molecule has 0 saturated heterocycles. The molecular weight excluding hydrogens is 400 g/mol. The van der Waals surface area contributed by atoms with Gasteiger partial charge in [-0.2, -0.15) is 0 Å². The van der Waals surface area contributed by atoms with Crippen molar-refractivity contribution in [2.45, 2.75) is 33.9 Å². The van der Waals surface area contributed by atoms with Crippen molar-refractivity contribution in [2.75, 3.05) is 7.05 Å². The number of fused-ring (bicyclic) bond motifs is 2. The van der Waals surface area contributed by atoms with Gasteiger partial charge in [-0.05, 0) is 23.9 Å². The summed E-state index contributed by atoms with van der Waals surface area (Å²) in [5, 5.41) is 14.8. The SMILES string of the molecule is CC(C)C.CNC1=C2C=NC=CN2C(C)N1.[Rb+].c1cnc2[n-]ncc2c1. The zero-order valence-corrected chi connectivity index (χ0v) is 21.3. The zero-order valence-electron chi connectivity index (χ0n) is 16.4. The summed E-state index contributed by atoms with van der Waals surface area (Å²) in [6, 6.07) is 3.80. The molecule has 8 heteroatoms. The number of hydrogen-bond donors (Lipinski definition) is 2. The topological polar surface area (TPSA) is 79.5 Å². The molecule has 0 saturated carbocycles. The van der Waals surface area contributed by atoms with E-state index < -0.39 is 0 Å². The summed E-state index contributed by atoms with van der Waals surface area (Å²) in [7, 11) is 1.90. The number of nitrogens with zero attached hydrogens (tertiary/aromatic N) is 5. The predicted molar refractivity (Wildman–Crippen MR) is 102 cm³/mol. The number of aliphatic imine (C=N–C) groups is 1. The maximum Gasteiger partial charge on any atom is 1.00 e. The molecule has 2 aliphatic rings. The summed E-state index contributed by atoms with van der Waals surface area (Å²) in [5.74, 6) is 1.87. The summed E-state index contributed by atoms with van der Waals surface area (Å²) in [5.41, 5.74) is 1.82. The third-order valence-corrected chi connectivity index (χ3v) is 3.23. The molecule has 26 heavy (non-hydrogen) atoms. The molecule has 1 atom stereocenters. The largest absolute Gasteiger partial charge is 1.00 e. The van der Waals surface area contributed by atoms with Gasteiger partial charge in [0.2, 0.25) is 0 Å². The van der Waals surface area contributed by atoms with Crippen molar-refractivity contribution in [2.24, 2.45) is 10.9 Å². The van der Waals surface area contributed by atoms with E-state index >= 15 is 0 Å². The Hall–Kier alpha value is -1.02. The Morgan fingerprint density at radius 3 is 2.69 bits per heavy atom. The molecule has 0 aromatic carbocycles. The van der Waals surface area contributed by atoms with Crippen molar-refractivity contribution in [3.05, 3.63) is 48.4 Å². The van der Waals surface area contributed by atoms with E-state index in [1.165, 1.54) is 0 Å². The first-order valence-electron chi connectivity index (χ1n) is 8.38. The maximum absolute atomic E-state index is 4.07. The number of pyridine rings is 1. The van der Waals surface area contributed by atoms with Crippen LogP contribution in [-0.4, -0.2) is 34.4 Å². The molecule has 4 heterocycles. The fourth-order valence-electron chi connectivity index (χ4n) is 2.19. The third-order valence-electron chi connectivity index (χ3n) is 3.23. The van der Waals surface area contributed by atoms with Crippen molar-refractivity contribution < 1.29 is 58.2 Å². The average molecular weight is 426 g/mol. The molecule has 0 spiro atoms. The molecule has 0 fully saturated rings. The molecule has 7 nitrogen and oxygen atoms in total. The van der Waals surface area contributed by atoms with Crippen molar-refractivity contribution in [1.82, 2.24) is 30.7 Å². The molecular formula is C18H26N7Rb. The van der Waals surface area contributed by atoms with Gasteiger partial charge in [0.05, 0.1) is 6.21 Å². The van der Waals surface area contributed by atoms with Crippen LogP contribution in [0, 0.1) is 5.92 Å². The van der Waals surface area contributed by atoms with Gasteiger partial charge in [0.1, 0.15) is 17.7 Å². The Balaban J connectivity index is 0.000000215. The standard InChI is InChI=1S/C8H12N4.C6H4N3.C4H10.Rb/c1-6-11-8(9-2)7-5-10-3-4-12(6)7;1-2-5-4-8-9-6(5)7-3-1;1-4(2)3;/h3-6,9,11H,1-2H3;1-4H;4H,1-3H3;/q;-1;;+1. The quantitative estimate of drug-likeness (QED) is 0.637. The molecule has 1 unspecified atom stereocenters. The van der Waals surface area contributed by atoms with Gasteiger partial charge in [-0.25, -0.2) is 0 Å². The molecule has 2 aromatic heterocycles. The van der Waals surface area contributed by atoms with Crippen LogP contribution in [0.5, 0.6) is 0 Å². The number of hydrogen-bond acceptors (Lipinski definition) is 6. The molecule has 0 amide bonds. The molecule has 134 valence electrons. The van der Waals surface area contributed by atoms with E-state index in [9.17, 15) is 0 Å². The van der Waals surface area contributed by atoms with Crippen LogP contribution in [0.1, 0.15) is 27.7 Å². The second-order valence-electron chi connectivity index (χ2n) is 6.31. The van der Waals surface area contributed by atoms with Gasteiger partial charge < -0.3 is 25.6 Å². The summed E-state index contributed by atoms with van der Waals surface area (Å²) in [6.45, 7) is 8.60. The smallest absolute Gasteiger partial charge is 0.441 e. The number of allylic oxidation sites excluding steroid dienone is 1. The van der Waals surface area contributed by atoms with Crippen molar-refractivity contribution in [1.29, 1.82) is 0 Å². The van der Waals surface area contributed by atoms with Gasteiger partial charge in [0.25, 0.3) is 0 Å². The van der Waals surface area contributed by atoms with Crippen molar-refractivity contribution in [3.63, 3.8) is 0 Å². The molecule has 0 bridgehead atoms. The van der Waals surface area contributed by atoms with Gasteiger partial charge in [-0.1, -0.05) is 39.1 Å². The van der Waals surface area contributed by atoms with Crippen molar-refractivity contribution in [3.8, 4) is 0 Å². The maximum atomic E-state index is 4.07. The van der Waals surface area contributed by atoms with Gasteiger partial charge in [0, 0.05) is 25.6 Å². The van der Waals surface area contributed by atoms with Crippen LogP contribution in [0.3, 0.4) is 0 Å². The minimum atomic E-state index is 0. The molecule has 2 N–H and O–H groups in total. The van der Waals surface area contributed by atoms with Gasteiger partial charge in [-0.15, -0.1) is 0 Å². The fourth-order valence-corrected chi connectivity index (χ4v) is 2.19. The Morgan fingerprint density at radius 1 is 1.31 bits per heavy atom. The molecule has 4 rings (SSSR count).